The summed E-state index contributed by atoms with van der Waals surface area (Å²) in [6.45, 7) is 2.62. The number of rotatable bonds is 0. The van der Waals surface area contributed by atoms with Gasteiger partial charge in [0.15, 0.2) is 0 Å². The number of hydrogen-bond donors (Lipinski definition) is 0. The fourth-order valence-electron chi connectivity index (χ4n) is 3.21. The molecule has 0 amide bonds. The standard InChI is InChI=1S/C14H13F5/c1-6-3-8-5-9-4-7(2)14(18,19)11(9)12(15)10(8)13(6,16)17/h5-7H,3-4H2,1-2H3. The van der Waals surface area contributed by atoms with E-state index in [4.69, 9.17) is 0 Å². The zero-order valence-corrected chi connectivity index (χ0v) is 10.5. The molecule has 0 bridgehead atoms. The molecule has 0 nitrogen and oxygen atoms in total. The van der Waals surface area contributed by atoms with Crippen LogP contribution in [0.3, 0.4) is 0 Å². The summed E-state index contributed by atoms with van der Waals surface area (Å²) in [4.78, 5) is 0. The first-order valence-electron chi connectivity index (χ1n) is 6.28. The Morgan fingerprint density at radius 2 is 1.26 bits per heavy atom. The Morgan fingerprint density at radius 3 is 1.63 bits per heavy atom. The fourth-order valence-corrected chi connectivity index (χ4v) is 3.21. The first-order valence-corrected chi connectivity index (χ1v) is 6.28. The van der Waals surface area contributed by atoms with Crippen LogP contribution in [0.5, 0.6) is 0 Å². The van der Waals surface area contributed by atoms with Crippen molar-refractivity contribution < 1.29 is 22.0 Å². The van der Waals surface area contributed by atoms with E-state index in [0.29, 0.717) is 0 Å². The van der Waals surface area contributed by atoms with E-state index in [1.165, 1.54) is 19.9 Å². The first kappa shape index (κ1) is 12.9. The number of halogens is 5. The van der Waals surface area contributed by atoms with Gasteiger partial charge in [0.05, 0.1) is 11.1 Å². The zero-order chi connectivity index (χ0) is 14.2. The lowest BCUT2D eigenvalue weighted by molar-refractivity contribution is -0.0556. The Kier molecular flexibility index (Phi) is 2.37. The molecule has 5 heteroatoms. The highest BCUT2D eigenvalue weighted by Gasteiger charge is 2.54. The predicted octanol–water partition coefficient (Wildman–Crippen LogP) is 4.39. The Labute approximate surface area is 107 Å². The highest BCUT2D eigenvalue weighted by Crippen LogP contribution is 2.54. The van der Waals surface area contributed by atoms with Gasteiger partial charge in [-0.15, -0.1) is 0 Å². The van der Waals surface area contributed by atoms with Gasteiger partial charge < -0.3 is 0 Å². The molecule has 0 heterocycles. The van der Waals surface area contributed by atoms with Crippen LogP contribution >= 0.6 is 0 Å². The summed E-state index contributed by atoms with van der Waals surface area (Å²) in [6, 6.07) is 1.35. The van der Waals surface area contributed by atoms with Crippen LogP contribution in [0.1, 0.15) is 36.1 Å². The van der Waals surface area contributed by atoms with E-state index in [-0.39, 0.29) is 24.0 Å². The zero-order valence-electron chi connectivity index (χ0n) is 10.5. The molecule has 0 radical (unpaired) electrons. The van der Waals surface area contributed by atoms with Gasteiger partial charge in [-0.05, 0) is 24.0 Å². The molecule has 0 spiro atoms. The van der Waals surface area contributed by atoms with Crippen molar-refractivity contribution in [3.8, 4) is 0 Å². The number of fused-ring (bicyclic) bond motifs is 2. The molecule has 3 rings (SSSR count). The minimum Gasteiger partial charge on any atom is -0.206 e. The third kappa shape index (κ3) is 1.44. The molecule has 2 aliphatic carbocycles. The van der Waals surface area contributed by atoms with E-state index in [1.54, 1.807) is 0 Å². The molecule has 104 valence electrons. The highest BCUT2D eigenvalue weighted by atomic mass is 19.3. The van der Waals surface area contributed by atoms with Crippen LogP contribution in [0.4, 0.5) is 22.0 Å². The van der Waals surface area contributed by atoms with Crippen molar-refractivity contribution in [1.29, 1.82) is 0 Å². The van der Waals surface area contributed by atoms with Gasteiger partial charge in [0.2, 0.25) is 0 Å². The first-order chi connectivity index (χ1) is 8.67. The van der Waals surface area contributed by atoms with Gasteiger partial charge in [-0.1, -0.05) is 19.9 Å². The normalized spacial score (nSPS) is 30.3. The smallest absolute Gasteiger partial charge is 0.206 e. The summed E-state index contributed by atoms with van der Waals surface area (Å²) in [5.41, 5.74) is -1.27. The number of hydrogen-bond acceptors (Lipinski definition) is 0. The van der Waals surface area contributed by atoms with Crippen molar-refractivity contribution in [3.05, 3.63) is 34.1 Å². The molecule has 2 atom stereocenters. The van der Waals surface area contributed by atoms with E-state index in [0.717, 1.165) is 0 Å². The second-order valence-corrected chi connectivity index (χ2v) is 5.72. The summed E-state index contributed by atoms with van der Waals surface area (Å²) in [7, 11) is 0. The van der Waals surface area contributed by atoms with Crippen molar-refractivity contribution in [2.45, 2.75) is 38.5 Å². The van der Waals surface area contributed by atoms with Crippen LogP contribution < -0.4 is 0 Å². The molecule has 0 N–H and O–H groups in total. The third-order valence-corrected chi connectivity index (χ3v) is 4.39. The molecule has 19 heavy (non-hydrogen) atoms. The molecule has 2 unspecified atom stereocenters. The minimum atomic E-state index is -3.36. The molecule has 0 aliphatic heterocycles. The maximum atomic E-state index is 14.3. The summed E-state index contributed by atoms with van der Waals surface area (Å²) >= 11 is 0. The lowest BCUT2D eigenvalue weighted by Gasteiger charge is -2.20. The van der Waals surface area contributed by atoms with Gasteiger partial charge >= 0.3 is 0 Å². The molecule has 0 saturated heterocycles. The Hall–Kier alpha value is -1.13. The maximum absolute atomic E-state index is 14.3. The molecule has 0 fully saturated rings. The van der Waals surface area contributed by atoms with Crippen LogP contribution in [0, 0.1) is 17.7 Å². The van der Waals surface area contributed by atoms with Gasteiger partial charge in [0, 0.05) is 11.8 Å². The lowest BCUT2D eigenvalue weighted by Crippen LogP contribution is -2.23. The molecule has 2 aliphatic rings. The van der Waals surface area contributed by atoms with Gasteiger partial charge in [-0.25, -0.2) is 22.0 Å². The van der Waals surface area contributed by atoms with Crippen LogP contribution in [0.15, 0.2) is 6.07 Å². The van der Waals surface area contributed by atoms with Crippen molar-refractivity contribution in [1.82, 2.24) is 0 Å². The van der Waals surface area contributed by atoms with Crippen molar-refractivity contribution in [3.63, 3.8) is 0 Å². The fraction of sp³-hybridized carbons (Fsp3) is 0.571. The number of alkyl halides is 4. The Balaban J connectivity index is 2.29. The maximum Gasteiger partial charge on any atom is 0.279 e. The average Bonchev–Trinajstić information content (AvgIpc) is 2.61. The minimum absolute atomic E-state index is 0.0342. The second-order valence-electron chi connectivity index (χ2n) is 5.72. The van der Waals surface area contributed by atoms with Crippen molar-refractivity contribution >= 4 is 0 Å². The largest absolute Gasteiger partial charge is 0.279 e. The number of benzene rings is 1. The molecule has 0 aromatic heterocycles. The van der Waals surface area contributed by atoms with E-state index < -0.39 is 40.6 Å². The van der Waals surface area contributed by atoms with Gasteiger partial charge in [0.25, 0.3) is 11.8 Å². The Bertz CT molecular complexity index is 515. The summed E-state index contributed by atoms with van der Waals surface area (Å²) in [5, 5.41) is 0. The molecular formula is C14H13F5. The second kappa shape index (κ2) is 3.49. The van der Waals surface area contributed by atoms with Crippen LogP contribution in [0.2, 0.25) is 0 Å². The van der Waals surface area contributed by atoms with Crippen molar-refractivity contribution in [2.75, 3.05) is 0 Å². The van der Waals surface area contributed by atoms with Crippen LogP contribution in [-0.2, 0) is 24.7 Å². The van der Waals surface area contributed by atoms with E-state index >= 15 is 0 Å². The topological polar surface area (TPSA) is 0 Å². The van der Waals surface area contributed by atoms with E-state index in [9.17, 15) is 22.0 Å². The third-order valence-electron chi connectivity index (χ3n) is 4.39. The predicted molar refractivity (Wildman–Crippen MR) is 59.9 cm³/mol. The van der Waals surface area contributed by atoms with E-state index in [1.807, 2.05) is 0 Å². The monoisotopic (exact) mass is 276 g/mol. The van der Waals surface area contributed by atoms with Crippen LogP contribution in [-0.4, -0.2) is 0 Å². The summed E-state index contributed by atoms with van der Waals surface area (Å²) in [5.74, 6) is -10.2. The lowest BCUT2D eigenvalue weighted by atomic mass is 9.98. The molecular weight excluding hydrogens is 263 g/mol. The van der Waals surface area contributed by atoms with E-state index in [2.05, 4.69) is 0 Å². The van der Waals surface area contributed by atoms with Crippen LogP contribution in [0.25, 0.3) is 0 Å². The quantitative estimate of drug-likeness (QED) is 0.616. The summed E-state index contributed by atoms with van der Waals surface area (Å²) < 4.78 is 69.9. The molecule has 0 saturated carbocycles. The SMILES string of the molecule is CC1Cc2cc3c(c(F)c2C1(F)F)C(F)(F)C(C)C3. The Morgan fingerprint density at radius 1 is 0.895 bits per heavy atom. The van der Waals surface area contributed by atoms with Gasteiger partial charge in [0.1, 0.15) is 5.82 Å². The average molecular weight is 276 g/mol. The molecule has 1 aromatic rings. The van der Waals surface area contributed by atoms with Gasteiger partial charge in [-0.3, -0.25) is 0 Å². The van der Waals surface area contributed by atoms with Crippen molar-refractivity contribution in [2.24, 2.45) is 11.8 Å². The summed E-state index contributed by atoms with van der Waals surface area (Å²) in [6.07, 6.45) is 0.0684. The molecule has 1 aromatic carbocycles. The highest BCUT2D eigenvalue weighted by molar-refractivity contribution is 5.49. The van der Waals surface area contributed by atoms with Gasteiger partial charge in [-0.2, -0.15) is 0 Å².